The molecule has 1 fully saturated rings. The zero-order chi connectivity index (χ0) is 12.7. The molecule has 0 saturated heterocycles. The largest absolute Gasteiger partial charge is 0.393 e. The van der Waals surface area contributed by atoms with E-state index in [1.807, 2.05) is 17.7 Å². The highest BCUT2D eigenvalue weighted by atomic mass is 19.1. The monoisotopic (exact) mass is 247 g/mol. The Bertz CT molecular complexity index is 575. The van der Waals surface area contributed by atoms with E-state index in [0.29, 0.717) is 5.92 Å². The van der Waals surface area contributed by atoms with Crippen LogP contribution in [0.2, 0.25) is 0 Å². The van der Waals surface area contributed by atoms with Gasteiger partial charge in [0.1, 0.15) is 5.82 Å². The molecule has 2 nitrogen and oxygen atoms in total. The Kier molecular flexibility index (Phi) is 2.86. The van der Waals surface area contributed by atoms with E-state index in [1.54, 1.807) is 6.07 Å². The number of hydrogen-bond acceptors (Lipinski definition) is 1. The maximum Gasteiger partial charge on any atom is 0.125 e. The summed E-state index contributed by atoms with van der Waals surface area (Å²) in [7, 11) is 1.94. The molecule has 2 aromatic rings. The predicted octanol–water partition coefficient (Wildman–Crippen LogP) is 3.02. The summed E-state index contributed by atoms with van der Waals surface area (Å²) in [5, 5.41) is 11.0. The van der Waals surface area contributed by atoms with Gasteiger partial charge in [-0.25, -0.2) is 4.39 Å². The first-order valence-electron chi connectivity index (χ1n) is 6.56. The Hall–Kier alpha value is -1.35. The van der Waals surface area contributed by atoms with Gasteiger partial charge in [0.25, 0.3) is 0 Å². The summed E-state index contributed by atoms with van der Waals surface area (Å²) in [4.78, 5) is 0. The van der Waals surface area contributed by atoms with Gasteiger partial charge < -0.3 is 9.67 Å². The first-order chi connectivity index (χ1) is 8.65. The van der Waals surface area contributed by atoms with Gasteiger partial charge in [0, 0.05) is 18.6 Å². The SMILES string of the molecule is Cn1cc(CC2CCCC2O)c2ccc(F)cc21. The van der Waals surface area contributed by atoms with Crippen LogP contribution in [0.5, 0.6) is 0 Å². The minimum Gasteiger partial charge on any atom is -0.393 e. The van der Waals surface area contributed by atoms with Crippen LogP contribution in [0.15, 0.2) is 24.4 Å². The van der Waals surface area contributed by atoms with Crippen LogP contribution in [-0.2, 0) is 13.5 Å². The second-order valence-corrected chi connectivity index (χ2v) is 5.39. The number of aryl methyl sites for hydroxylation is 1. The third kappa shape index (κ3) is 1.93. The fraction of sp³-hybridized carbons (Fsp3) is 0.467. The molecule has 3 heteroatoms. The van der Waals surface area contributed by atoms with Crippen molar-refractivity contribution in [3.8, 4) is 0 Å². The number of nitrogens with zero attached hydrogens (tertiary/aromatic N) is 1. The molecule has 0 spiro atoms. The Balaban J connectivity index is 1.97. The fourth-order valence-corrected chi connectivity index (χ4v) is 3.14. The molecule has 1 heterocycles. The van der Waals surface area contributed by atoms with Crippen molar-refractivity contribution in [3.05, 3.63) is 35.8 Å². The van der Waals surface area contributed by atoms with Gasteiger partial charge in [-0.15, -0.1) is 0 Å². The van der Waals surface area contributed by atoms with Crippen molar-refractivity contribution in [3.63, 3.8) is 0 Å². The van der Waals surface area contributed by atoms with Gasteiger partial charge in [-0.1, -0.05) is 6.42 Å². The highest BCUT2D eigenvalue weighted by molar-refractivity contribution is 5.84. The van der Waals surface area contributed by atoms with Crippen LogP contribution < -0.4 is 0 Å². The van der Waals surface area contributed by atoms with Crippen LogP contribution in [-0.4, -0.2) is 15.8 Å². The quantitative estimate of drug-likeness (QED) is 0.867. The maximum atomic E-state index is 13.2. The average molecular weight is 247 g/mol. The zero-order valence-electron chi connectivity index (χ0n) is 10.6. The average Bonchev–Trinajstić information content (AvgIpc) is 2.86. The van der Waals surface area contributed by atoms with Gasteiger partial charge >= 0.3 is 0 Å². The minimum atomic E-state index is -0.198. The Labute approximate surface area is 106 Å². The van der Waals surface area contributed by atoms with E-state index in [4.69, 9.17) is 0 Å². The van der Waals surface area contributed by atoms with Gasteiger partial charge in [-0.2, -0.15) is 0 Å². The number of hydrogen-bond donors (Lipinski definition) is 1. The molecule has 0 amide bonds. The van der Waals surface area contributed by atoms with E-state index < -0.39 is 0 Å². The molecule has 2 unspecified atom stereocenters. The number of aliphatic hydroxyl groups excluding tert-OH is 1. The highest BCUT2D eigenvalue weighted by Crippen LogP contribution is 2.31. The molecular formula is C15H18FNO. The summed E-state index contributed by atoms with van der Waals surface area (Å²) in [6, 6.07) is 4.93. The molecule has 2 atom stereocenters. The molecule has 0 radical (unpaired) electrons. The van der Waals surface area contributed by atoms with Crippen LogP contribution in [0.1, 0.15) is 24.8 Å². The molecule has 0 bridgehead atoms. The number of aliphatic hydroxyl groups is 1. The molecule has 1 saturated carbocycles. The van der Waals surface area contributed by atoms with Gasteiger partial charge in [-0.3, -0.25) is 0 Å². The Morgan fingerprint density at radius 3 is 2.94 bits per heavy atom. The topological polar surface area (TPSA) is 25.2 Å². The highest BCUT2D eigenvalue weighted by Gasteiger charge is 2.26. The lowest BCUT2D eigenvalue weighted by atomic mass is 9.96. The number of halogens is 1. The molecule has 1 aliphatic carbocycles. The van der Waals surface area contributed by atoms with Crippen molar-refractivity contribution in [2.45, 2.75) is 31.8 Å². The second-order valence-electron chi connectivity index (χ2n) is 5.39. The molecule has 3 rings (SSSR count). The lowest BCUT2D eigenvalue weighted by Gasteiger charge is -2.13. The fourth-order valence-electron chi connectivity index (χ4n) is 3.14. The van der Waals surface area contributed by atoms with Crippen molar-refractivity contribution in [1.82, 2.24) is 4.57 Å². The predicted molar refractivity (Wildman–Crippen MR) is 69.9 cm³/mol. The number of fused-ring (bicyclic) bond motifs is 1. The number of rotatable bonds is 2. The van der Waals surface area contributed by atoms with Crippen LogP contribution in [0.4, 0.5) is 4.39 Å². The molecule has 1 aromatic carbocycles. The first-order valence-corrected chi connectivity index (χ1v) is 6.56. The first kappa shape index (κ1) is 11.7. The lowest BCUT2D eigenvalue weighted by Crippen LogP contribution is -2.15. The van der Waals surface area contributed by atoms with E-state index in [0.717, 1.165) is 36.6 Å². The van der Waals surface area contributed by atoms with Crippen molar-refractivity contribution < 1.29 is 9.50 Å². The van der Waals surface area contributed by atoms with E-state index in [-0.39, 0.29) is 11.9 Å². The molecule has 1 aliphatic rings. The summed E-state index contributed by atoms with van der Waals surface area (Å²) >= 11 is 0. The summed E-state index contributed by atoms with van der Waals surface area (Å²) in [5.41, 5.74) is 2.15. The smallest absolute Gasteiger partial charge is 0.125 e. The number of aromatic nitrogens is 1. The van der Waals surface area contributed by atoms with Crippen molar-refractivity contribution >= 4 is 10.9 Å². The van der Waals surface area contributed by atoms with Crippen LogP contribution in [0.3, 0.4) is 0 Å². The van der Waals surface area contributed by atoms with Crippen molar-refractivity contribution in [2.75, 3.05) is 0 Å². The summed E-state index contributed by atoms with van der Waals surface area (Å²) in [5.74, 6) is 0.164. The van der Waals surface area contributed by atoms with Crippen molar-refractivity contribution in [2.24, 2.45) is 13.0 Å². The van der Waals surface area contributed by atoms with Crippen LogP contribution in [0.25, 0.3) is 10.9 Å². The number of benzene rings is 1. The lowest BCUT2D eigenvalue weighted by molar-refractivity contribution is 0.133. The van der Waals surface area contributed by atoms with Gasteiger partial charge in [-0.05, 0) is 48.9 Å². The molecule has 1 N–H and O–H groups in total. The van der Waals surface area contributed by atoms with E-state index >= 15 is 0 Å². The molecule has 96 valence electrons. The van der Waals surface area contributed by atoms with E-state index in [9.17, 15) is 9.50 Å². The molecule has 1 aromatic heterocycles. The maximum absolute atomic E-state index is 13.2. The summed E-state index contributed by atoms with van der Waals surface area (Å²) < 4.78 is 15.2. The van der Waals surface area contributed by atoms with Gasteiger partial charge in [0.15, 0.2) is 0 Å². The molecule has 18 heavy (non-hydrogen) atoms. The molecule has 0 aliphatic heterocycles. The van der Waals surface area contributed by atoms with Crippen molar-refractivity contribution in [1.29, 1.82) is 0 Å². The van der Waals surface area contributed by atoms with E-state index in [1.165, 1.54) is 11.6 Å². The Morgan fingerprint density at radius 2 is 2.22 bits per heavy atom. The third-order valence-corrected chi connectivity index (χ3v) is 4.14. The van der Waals surface area contributed by atoms with E-state index in [2.05, 4.69) is 6.20 Å². The Morgan fingerprint density at radius 1 is 1.39 bits per heavy atom. The molecular weight excluding hydrogens is 229 g/mol. The zero-order valence-corrected chi connectivity index (χ0v) is 10.6. The second kappa shape index (κ2) is 4.39. The normalized spacial score (nSPS) is 23.9. The van der Waals surface area contributed by atoms with Gasteiger partial charge in [0.05, 0.1) is 11.6 Å². The van der Waals surface area contributed by atoms with Gasteiger partial charge in [0.2, 0.25) is 0 Å². The summed E-state index contributed by atoms with van der Waals surface area (Å²) in [6.45, 7) is 0. The standard InChI is InChI=1S/C15H18FNO/c1-17-9-11(7-10-3-2-4-15(10)18)13-6-5-12(16)8-14(13)17/h5-6,8-10,15,18H,2-4,7H2,1H3. The van der Waals surface area contributed by atoms with Crippen LogP contribution in [0, 0.1) is 11.7 Å². The van der Waals surface area contributed by atoms with Crippen LogP contribution >= 0.6 is 0 Å². The minimum absolute atomic E-state index is 0.166. The summed E-state index contributed by atoms with van der Waals surface area (Å²) in [6.07, 6.45) is 5.92. The third-order valence-electron chi connectivity index (χ3n) is 4.14.